The second-order valence-corrected chi connectivity index (χ2v) is 5.43. The minimum absolute atomic E-state index is 0.842. The minimum Gasteiger partial charge on any atom is -0.388 e. The summed E-state index contributed by atoms with van der Waals surface area (Å²) in [7, 11) is 2.00. The third kappa shape index (κ3) is 2.19. The van der Waals surface area contributed by atoms with Gasteiger partial charge in [-0.25, -0.2) is 0 Å². The van der Waals surface area contributed by atoms with E-state index in [0.29, 0.717) is 0 Å². The summed E-state index contributed by atoms with van der Waals surface area (Å²) >= 11 is 0. The fourth-order valence-electron chi connectivity index (χ4n) is 3.28. The highest BCUT2D eigenvalue weighted by Crippen LogP contribution is 2.31. The van der Waals surface area contributed by atoms with Crippen molar-refractivity contribution < 1.29 is 0 Å². The van der Waals surface area contributed by atoms with Gasteiger partial charge in [0.15, 0.2) is 0 Å². The van der Waals surface area contributed by atoms with Crippen molar-refractivity contribution in [3.05, 3.63) is 29.3 Å². The molecule has 1 aromatic rings. The molecule has 0 bridgehead atoms. The molecule has 92 valence electrons. The Morgan fingerprint density at radius 1 is 1.06 bits per heavy atom. The van der Waals surface area contributed by atoms with Crippen LogP contribution in [0.15, 0.2) is 18.2 Å². The molecule has 1 N–H and O–H groups in total. The van der Waals surface area contributed by atoms with Crippen molar-refractivity contribution in [2.75, 3.05) is 12.4 Å². The molecule has 1 aliphatic heterocycles. The Morgan fingerprint density at radius 3 is 2.59 bits per heavy atom. The van der Waals surface area contributed by atoms with Crippen LogP contribution < -0.4 is 5.32 Å². The second-order valence-electron chi connectivity index (χ2n) is 5.43. The maximum absolute atomic E-state index is 3.23. The summed E-state index contributed by atoms with van der Waals surface area (Å²) in [5, 5.41) is 3.23. The Balaban J connectivity index is 1.73. The Morgan fingerprint density at radius 2 is 1.82 bits per heavy atom. The molecule has 2 nitrogen and oxygen atoms in total. The van der Waals surface area contributed by atoms with Crippen LogP contribution in [-0.2, 0) is 13.1 Å². The van der Waals surface area contributed by atoms with Gasteiger partial charge in [-0.1, -0.05) is 25.3 Å². The zero-order valence-electron chi connectivity index (χ0n) is 10.7. The standard InChI is InChI=1S/C15H22N2/c1-16-14-8-7-12-10-17(11-13(12)9-14)15-5-3-2-4-6-15/h7-9,15-16H,2-6,10-11H2,1H3. The lowest BCUT2D eigenvalue weighted by atomic mass is 9.94. The zero-order valence-corrected chi connectivity index (χ0v) is 10.7. The molecule has 3 rings (SSSR count). The first-order valence-corrected chi connectivity index (χ1v) is 6.90. The molecule has 1 fully saturated rings. The minimum atomic E-state index is 0.842. The van der Waals surface area contributed by atoms with E-state index in [1.165, 1.54) is 55.5 Å². The highest BCUT2D eigenvalue weighted by Gasteiger charge is 2.26. The van der Waals surface area contributed by atoms with Crippen LogP contribution >= 0.6 is 0 Å². The third-order valence-corrected chi connectivity index (χ3v) is 4.33. The van der Waals surface area contributed by atoms with Crippen molar-refractivity contribution in [3.63, 3.8) is 0 Å². The van der Waals surface area contributed by atoms with E-state index in [9.17, 15) is 0 Å². The van der Waals surface area contributed by atoms with E-state index in [-0.39, 0.29) is 0 Å². The molecular weight excluding hydrogens is 208 g/mol. The van der Waals surface area contributed by atoms with Crippen LogP contribution in [0.5, 0.6) is 0 Å². The van der Waals surface area contributed by atoms with Crippen LogP contribution in [-0.4, -0.2) is 18.0 Å². The first-order chi connectivity index (χ1) is 8.36. The van der Waals surface area contributed by atoms with Crippen molar-refractivity contribution in [1.29, 1.82) is 0 Å². The van der Waals surface area contributed by atoms with Gasteiger partial charge in [0.05, 0.1) is 0 Å². The van der Waals surface area contributed by atoms with E-state index in [4.69, 9.17) is 0 Å². The van der Waals surface area contributed by atoms with Gasteiger partial charge in [-0.05, 0) is 36.1 Å². The smallest absolute Gasteiger partial charge is 0.0341 e. The maximum atomic E-state index is 3.23. The first-order valence-electron chi connectivity index (χ1n) is 6.90. The summed E-state index contributed by atoms with van der Waals surface area (Å²) in [4.78, 5) is 2.68. The molecule has 0 atom stereocenters. The molecule has 2 aliphatic rings. The van der Waals surface area contributed by atoms with E-state index >= 15 is 0 Å². The van der Waals surface area contributed by atoms with Crippen molar-refractivity contribution in [2.45, 2.75) is 51.2 Å². The summed E-state index contributed by atoms with van der Waals surface area (Å²) in [5.74, 6) is 0. The van der Waals surface area contributed by atoms with E-state index in [1.807, 2.05) is 7.05 Å². The number of nitrogens with one attached hydrogen (secondary N) is 1. The monoisotopic (exact) mass is 230 g/mol. The van der Waals surface area contributed by atoms with Gasteiger partial charge < -0.3 is 5.32 Å². The molecule has 1 heterocycles. The fraction of sp³-hybridized carbons (Fsp3) is 0.600. The molecule has 1 aromatic carbocycles. The third-order valence-electron chi connectivity index (χ3n) is 4.33. The lowest BCUT2D eigenvalue weighted by Gasteiger charge is -2.30. The molecule has 2 heteroatoms. The molecule has 0 amide bonds. The van der Waals surface area contributed by atoms with Gasteiger partial charge >= 0.3 is 0 Å². The number of rotatable bonds is 2. The lowest BCUT2D eigenvalue weighted by molar-refractivity contribution is 0.156. The number of hydrogen-bond donors (Lipinski definition) is 1. The van der Waals surface area contributed by atoms with Crippen molar-refractivity contribution in [3.8, 4) is 0 Å². The van der Waals surface area contributed by atoms with Crippen LogP contribution in [0.3, 0.4) is 0 Å². The molecule has 1 aliphatic carbocycles. The predicted molar refractivity (Wildman–Crippen MR) is 72.1 cm³/mol. The lowest BCUT2D eigenvalue weighted by Crippen LogP contribution is -2.32. The van der Waals surface area contributed by atoms with Gasteiger partial charge in [0.2, 0.25) is 0 Å². The second kappa shape index (κ2) is 4.69. The summed E-state index contributed by atoms with van der Waals surface area (Å²) in [6, 6.07) is 7.65. The van der Waals surface area contributed by atoms with E-state index in [1.54, 1.807) is 0 Å². The van der Waals surface area contributed by atoms with Gasteiger partial charge in [0.1, 0.15) is 0 Å². The molecular formula is C15H22N2. The van der Waals surface area contributed by atoms with Crippen LogP contribution in [0.4, 0.5) is 5.69 Å². The summed E-state index contributed by atoms with van der Waals surface area (Å²) in [5.41, 5.74) is 4.31. The average molecular weight is 230 g/mol. The zero-order chi connectivity index (χ0) is 11.7. The largest absolute Gasteiger partial charge is 0.388 e. The van der Waals surface area contributed by atoms with E-state index in [0.717, 1.165) is 12.6 Å². The molecule has 1 saturated carbocycles. The maximum Gasteiger partial charge on any atom is 0.0341 e. The van der Waals surface area contributed by atoms with Gasteiger partial charge in [0.25, 0.3) is 0 Å². The predicted octanol–water partition coefficient (Wildman–Crippen LogP) is 3.38. The number of benzene rings is 1. The Hall–Kier alpha value is -1.02. The van der Waals surface area contributed by atoms with Gasteiger partial charge in [0, 0.05) is 31.9 Å². The number of anilines is 1. The van der Waals surface area contributed by atoms with Gasteiger partial charge in [-0.2, -0.15) is 0 Å². The quantitative estimate of drug-likeness (QED) is 0.838. The van der Waals surface area contributed by atoms with Crippen molar-refractivity contribution in [2.24, 2.45) is 0 Å². The Kier molecular flexibility index (Phi) is 3.06. The summed E-state index contributed by atoms with van der Waals surface area (Å²) in [6.45, 7) is 2.33. The van der Waals surface area contributed by atoms with Gasteiger partial charge in [-0.3, -0.25) is 4.90 Å². The molecule has 17 heavy (non-hydrogen) atoms. The van der Waals surface area contributed by atoms with E-state index in [2.05, 4.69) is 28.4 Å². The van der Waals surface area contributed by atoms with Crippen LogP contribution in [0.2, 0.25) is 0 Å². The number of fused-ring (bicyclic) bond motifs is 1. The topological polar surface area (TPSA) is 15.3 Å². The highest BCUT2D eigenvalue weighted by molar-refractivity contribution is 5.49. The van der Waals surface area contributed by atoms with Crippen LogP contribution in [0.1, 0.15) is 43.2 Å². The molecule has 0 unspecified atom stereocenters. The normalized spacial score (nSPS) is 21.5. The molecule has 0 aromatic heterocycles. The van der Waals surface area contributed by atoms with Crippen LogP contribution in [0, 0.1) is 0 Å². The van der Waals surface area contributed by atoms with Crippen molar-refractivity contribution >= 4 is 5.69 Å². The fourth-order valence-corrected chi connectivity index (χ4v) is 3.28. The first kappa shape index (κ1) is 11.1. The summed E-state index contributed by atoms with van der Waals surface area (Å²) in [6.07, 6.45) is 7.12. The van der Waals surface area contributed by atoms with Gasteiger partial charge in [-0.15, -0.1) is 0 Å². The number of nitrogens with zero attached hydrogens (tertiary/aromatic N) is 1. The van der Waals surface area contributed by atoms with Crippen molar-refractivity contribution in [1.82, 2.24) is 4.90 Å². The molecule has 0 spiro atoms. The molecule has 0 saturated heterocycles. The summed E-state index contributed by atoms with van der Waals surface area (Å²) < 4.78 is 0. The highest BCUT2D eigenvalue weighted by atomic mass is 15.2. The van der Waals surface area contributed by atoms with E-state index < -0.39 is 0 Å². The SMILES string of the molecule is CNc1ccc2c(c1)CN(C1CCCCC1)C2. The number of hydrogen-bond acceptors (Lipinski definition) is 2. The Bertz CT molecular complexity index is 394. The molecule has 0 radical (unpaired) electrons. The van der Waals surface area contributed by atoms with Crippen LogP contribution in [0.25, 0.3) is 0 Å². The average Bonchev–Trinajstić information content (AvgIpc) is 2.82. The Labute approximate surface area is 104 Å².